The summed E-state index contributed by atoms with van der Waals surface area (Å²) in [7, 11) is 0. The summed E-state index contributed by atoms with van der Waals surface area (Å²) in [5, 5.41) is 6.24. The van der Waals surface area contributed by atoms with Gasteiger partial charge in [-0.15, -0.1) is 0 Å². The summed E-state index contributed by atoms with van der Waals surface area (Å²) in [6.45, 7) is 5.52. The third kappa shape index (κ3) is 4.53. The smallest absolute Gasteiger partial charge is 0.237 e. The van der Waals surface area contributed by atoms with Crippen LogP contribution in [0.1, 0.15) is 38.7 Å². The Hall–Kier alpha value is -1.55. The van der Waals surface area contributed by atoms with Crippen molar-refractivity contribution in [1.82, 2.24) is 10.6 Å². The number of ether oxygens (including phenoxy) is 1. The van der Waals surface area contributed by atoms with Gasteiger partial charge in [-0.1, -0.05) is 18.6 Å². The van der Waals surface area contributed by atoms with Crippen LogP contribution >= 0.6 is 0 Å². The molecular weight excluding hydrogens is 252 g/mol. The summed E-state index contributed by atoms with van der Waals surface area (Å²) in [4.78, 5) is 12.0. The van der Waals surface area contributed by atoms with Crippen LogP contribution < -0.4 is 15.4 Å². The summed E-state index contributed by atoms with van der Waals surface area (Å²) in [5.74, 6) is 0.969. The van der Waals surface area contributed by atoms with E-state index in [1.54, 1.807) is 0 Å². The molecule has 1 aromatic carbocycles. The second-order valence-corrected chi connectivity index (χ2v) is 5.53. The highest BCUT2D eigenvalue weighted by molar-refractivity contribution is 5.81. The molecule has 110 valence electrons. The number of carbonyl (C=O) groups excluding carboxylic acids is 1. The molecular formula is C16H24N2O2. The van der Waals surface area contributed by atoms with Gasteiger partial charge >= 0.3 is 0 Å². The summed E-state index contributed by atoms with van der Waals surface area (Å²) in [6, 6.07) is 7.85. The lowest BCUT2D eigenvalue weighted by Crippen LogP contribution is -2.46. The van der Waals surface area contributed by atoms with Crippen LogP contribution in [-0.4, -0.2) is 24.6 Å². The highest BCUT2D eigenvalue weighted by atomic mass is 16.5. The molecule has 1 aliphatic rings. The van der Waals surface area contributed by atoms with E-state index in [1.165, 1.54) is 6.42 Å². The maximum Gasteiger partial charge on any atom is 0.237 e. The first kappa shape index (κ1) is 14.9. The minimum atomic E-state index is -0.0210. The Morgan fingerprint density at radius 2 is 2.10 bits per heavy atom. The molecule has 1 amide bonds. The molecule has 2 N–H and O–H groups in total. The molecule has 0 saturated carbocycles. The lowest BCUT2D eigenvalue weighted by Gasteiger charge is -2.22. The molecule has 1 unspecified atom stereocenters. The van der Waals surface area contributed by atoms with Crippen LogP contribution in [0.3, 0.4) is 0 Å². The second kappa shape index (κ2) is 7.29. The van der Waals surface area contributed by atoms with E-state index in [2.05, 4.69) is 10.6 Å². The molecule has 1 fully saturated rings. The van der Waals surface area contributed by atoms with Crippen molar-refractivity contribution in [2.75, 3.05) is 6.54 Å². The van der Waals surface area contributed by atoms with Crippen LogP contribution in [0.5, 0.6) is 5.75 Å². The van der Waals surface area contributed by atoms with Crippen molar-refractivity contribution in [3.63, 3.8) is 0 Å². The molecule has 4 nitrogen and oxygen atoms in total. The summed E-state index contributed by atoms with van der Waals surface area (Å²) in [6.07, 6.45) is 3.42. The zero-order valence-electron chi connectivity index (χ0n) is 12.3. The quantitative estimate of drug-likeness (QED) is 0.867. The number of hydrogen-bond donors (Lipinski definition) is 2. The van der Waals surface area contributed by atoms with Crippen LogP contribution in [0.15, 0.2) is 24.3 Å². The van der Waals surface area contributed by atoms with Crippen molar-refractivity contribution in [3.05, 3.63) is 29.8 Å². The molecule has 20 heavy (non-hydrogen) atoms. The van der Waals surface area contributed by atoms with E-state index in [0.717, 1.165) is 30.7 Å². The molecule has 1 atom stereocenters. The average Bonchev–Trinajstić information content (AvgIpc) is 2.46. The fraction of sp³-hybridized carbons (Fsp3) is 0.562. The minimum absolute atomic E-state index is 0.0210. The lowest BCUT2D eigenvalue weighted by atomic mass is 10.0. The SMILES string of the molecule is CC(C)Oc1ccc(CNC(=O)C2CCCCN2)cc1. The highest BCUT2D eigenvalue weighted by Gasteiger charge is 2.19. The standard InChI is InChI=1S/C16H24N2O2/c1-12(2)20-14-8-6-13(7-9-14)11-18-16(19)15-5-3-4-10-17-15/h6-9,12,15,17H,3-5,10-11H2,1-2H3,(H,18,19). The van der Waals surface area contributed by atoms with Gasteiger partial charge in [0.05, 0.1) is 12.1 Å². The Balaban J connectivity index is 1.79. The number of carbonyl (C=O) groups is 1. The topological polar surface area (TPSA) is 50.4 Å². The zero-order chi connectivity index (χ0) is 14.4. The first-order valence-electron chi connectivity index (χ1n) is 7.42. The van der Waals surface area contributed by atoms with Gasteiger partial charge in [0.2, 0.25) is 5.91 Å². The van der Waals surface area contributed by atoms with E-state index in [1.807, 2.05) is 38.1 Å². The Bertz CT molecular complexity index is 423. The van der Waals surface area contributed by atoms with Crippen LogP contribution in [0.2, 0.25) is 0 Å². The van der Waals surface area contributed by atoms with Gasteiger partial charge in [-0.25, -0.2) is 0 Å². The zero-order valence-corrected chi connectivity index (χ0v) is 12.3. The molecule has 0 radical (unpaired) electrons. The van der Waals surface area contributed by atoms with E-state index in [4.69, 9.17) is 4.74 Å². The fourth-order valence-corrected chi connectivity index (χ4v) is 2.35. The third-order valence-electron chi connectivity index (χ3n) is 3.39. The highest BCUT2D eigenvalue weighted by Crippen LogP contribution is 2.14. The van der Waals surface area contributed by atoms with Crippen LogP contribution in [0.4, 0.5) is 0 Å². The van der Waals surface area contributed by atoms with E-state index in [9.17, 15) is 4.79 Å². The van der Waals surface area contributed by atoms with Gasteiger partial charge in [0.1, 0.15) is 5.75 Å². The molecule has 0 aromatic heterocycles. The number of amides is 1. The van der Waals surface area contributed by atoms with E-state index >= 15 is 0 Å². The largest absolute Gasteiger partial charge is 0.491 e. The maximum absolute atomic E-state index is 12.0. The second-order valence-electron chi connectivity index (χ2n) is 5.53. The monoisotopic (exact) mass is 276 g/mol. The summed E-state index contributed by atoms with van der Waals surface area (Å²) in [5.41, 5.74) is 1.09. The van der Waals surface area contributed by atoms with Crippen LogP contribution in [0.25, 0.3) is 0 Å². The Morgan fingerprint density at radius 3 is 2.70 bits per heavy atom. The van der Waals surface area contributed by atoms with Gasteiger partial charge in [-0.05, 0) is 50.9 Å². The fourth-order valence-electron chi connectivity index (χ4n) is 2.35. The number of hydrogen-bond acceptors (Lipinski definition) is 3. The maximum atomic E-state index is 12.0. The van der Waals surface area contributed by atoms with Gasteiger partial charge in [0.25, 0.3) is 0 Å². The Labute approximate surface area is 120 Å². The van der Waals surface area contributed by atoms with Gasteiger partial charge < -0.3 is 15.4 Å². The van der Waals surface area contributed by atoms with E-state index in [0.29, 0.717) is 6.54 Å². The van der Waals surface area contributed by atoms with Crippen molar-refractivity contribution in [1.29, 1.82) is 0 Å². The van der Waals surface area contributed by atoms with Crippen LogP contribution in [-0.2, 0) is 11.3 Å². The van der Waals surface area contributed by atoms with Crippen molar-refractivity contribution >= 4 is 5.91 Å². The average molecular weight is 276 g/mol. The van der Waals surface area contributed by atoms with E-state index in [-0.39, 0.29) is 18.1 Å². The van der Waals surface area contributed by atoms with Gasteiger partial charge in [-0.3, -0.25) is 4.79 Å². The predicted molar refractivity (Wildman–Crippen MR) is 79.7 cm³/mol. The van der Waals surface area contributed by atoms with Gasteiger partial charge in [-0.2, -0.15) is 0 Å². The Kier molecular flexibility index (Phi) is 5.41. The number of rotatable bonds is 5. The van der Waals surface area contributed by atoms with Crippen LogP contribution in [0, 0.1) is 0 Å². The molecule has 2 rings (SSSR count). The Morgan fingerprint density at radius 1 is 1.35 bits per heavy atom. The molecule has 0 bridgehead atoms. The van der Waals surface area contributed by atoms with Crippen molar-refractivity contribution in [2.45, 2.75) is 51.8 Å². The molecule has 0 aliphatic carbocycles. The van der Waals surface area contributed by atoms with Crippen molar-refractivity contribution in [2.24, 2.45) is 0 Å². The first-order chi connectivity index (χ1) is 9.65. The predicted octanol–water partition coefficient (Wildman–Crippen LogP) is 2.23. The van der Waals surface area contributed by atoms with Crippen molar-refractivity contribution < 1.29 is 9.53 Å². The molecule has 1 heterocycles. The van der Waals surface area contributed by atoms with E-state index < -0.39 is 0 Å². The van der Waals surface area contributed by atoms with Crippen molar-refractivity contribution in [3.8, 4) is 5.75 Å². The number of piperidine rings is 1. The summed E-state index contributed by atoms with van der Waals surface area (Å²) < 4.78 is 5.59. The minimum Gasteiger partial charge on any atom is -0.491 e. The molecule has 1 aromatic rings. The molecule has 1 aliphatic heterocycles. The lowest BCUT2D eigenvalue weighted by molar-refractivity contribution is -0.123. The first-order valence-corrected chi connectivity index (χ1v) is 7.42. The molecule has 0 spiro atoms. The van der Waals surface area contributed by atoms with Gasteiger partial charge in [0, 0.05) is 6.54 Å². The molecule has 4 heteroatoms. The summed E-state index contributed by atoms with van der Waals surface area (Å²) >= 11 is 0. The third-order valence-corrected chi connectivity index (χ3v) is 3.39. The molecule has 1 saturated heterocycles. The normalized spacial score (nSPS) is 18.9. The number of benzene rings is 1. The number of nitrogens with one attached hydrogen (secondary N) is 2. The van der Waals surface area contributed by atoms with Gasteiger partial charge in [0.15, 0.2) is 0 Å².